The molecule has 0 amide bonds. The number of esters is 1. The summed E-state index contributed by atoms with van der Waals surface area (Å²) in [6, 6.07) is 3.38. The van der Waals surface area contributed by atoms with E-state index in [1.165, 1.54) is 23.9 Å². The van der Waals surface area contributed by atoms with Crippen LogP contribution in [0.1, 0.15) is 13.3 Å². The molecule has 1 rings (SSSR count). The van der Waals surface area contributed by atoms with Gasteiger partial charge in [0, 0.05) is 16.7 Å². The predicted octanol–water partition coefficient (Wildman–Crippen LogP) is 3.01. The van der Waals surface area contributed by atoms with Crippen molar-refractivity contribution in [2.45, 2.75) is 18.2 Å². The van der Waals surface area contributed by atoms with Crippen molar-refractivity contribution >= 4 is 17.7 Å². The molecule has 0 heterocycles. The minimum atomic E-state index is -0.604. The van der Waals surface area contributed by atoms with Crippen LogP contribution in [0.2, 0.25) is 0 Å². The Hall–Kier alpha value is -1.10. The van der Waals surface area contributed by atoms with Crippen LogP contribution in [0.3, 0.4) is 0 Å². The van der Waals surface area contributed by atoms with Gasteiger partial charge in [-0.2, -0.15) is 0 Å². The van der Waals surface area contributed by atoms with E-state index in [1.54, 1.807) is 6.92 Å². The maximum atomic E-state index is 13.1. The van der Waals surface area contributed by atoms with Gasteiger partial charge in [-0.05, 0) is 19.1 Å². The highest BCUT2D eigenvalue weighted by Crippen LogP contribution is 2.22. The summed E-state index contributed by atoms with van der Waals surface area (Å²) in [4.78, 5) is 11.3. The third-order valence-corrected chi connectivity index (χ3v) is 2.81. The van der Waals surface area contributed by atoms with Crippen molar-refractivity contribution in [1.82, 2.24) is 0 Å². The van der Waals surface area contributed by atoms with Crippen molar-refractivity contribution in [3.8, 4) is 0 Å². The number of hydrogen-bond donors (Lipinski definition) is 0. The minimum Gasteiger partial charge on any atom is -0.466 e. The average Bonchev–Trinajstić information content (AvgIpc) is 2.22. The van der Waals surface area contributed by atoms with Gasteiger partial charge >= 0.3 is 5.97 Å². The summed E-state index contributed by atoms with van der Waals surface area (Å²) in [6.07, 6.45) is 0.218. The highest BCUT2D eigenvalue weighted by molar-refractivity contribution is 7.99. The van der Waals surface area contributed by atoms with E-state index in [0.717, 1.165) is 6.07 Å². The molecule has 2 nitrogen and oxygen atoms in total. The highest BCUT2D eigenvalue weighted by Gasteiger charge is 2.06. The van der Waals surface area contributed by atoms with Gasteiger partial charge in [0.1, 0.15) is 11.6 Å². The molecular weight excluding hydrogens is 234 g/mol. The Bertz CT molecular complexity index is 369. The van der Waals surface area contributed by atoms with Gasteiger partial charge in [-0.15, -0.1) is 11.8 Å². The number of hydrogen-bond acceptors (Lipinski definition) is 3. The number of carbonyl (C=O) groups is 1. The Balaban J connectivity index is 2.40. The van der Waals surface area contributed by atoms with Gasteiger partial charge in [-0.25, -0.2) is 8.78 Å². The smallest absolute Gasteiger partial charge is 0.306 e. The highest BCUT2D eigenvalue weighted by atomic mass is 32.2. The second kappa shape index (κ2) is 6.48. The molecule has 0 fully saturated rings. The number of benzene rings is 1. The lowest BCUT2D eigenvalue weighted by atomic mass is 10.3. The van der Waals surface area contributed by atoms with Gasteiger partial charge in [0.2, 0.25) is 0 Å². The lowest BCUT2D eigenvalue weighted by molar-refractivity contribution is -0.142. The van der Waals surface area contributed by atoms with E-state index in [-0.39, 0.29) is 12.4 Å². The molecule has 5 heteroatoms. The van der Waals surface area contributed by atoms with Crippen LogP contribution in [-0.2, 0) is 9.53 Å². The summed E-state index contributed by atoms with van der Waals surface area (Å²) < 4.78 is 30.4. The van der Waals surface area contributed by atoms with Gasteiger partial charge in [0.15, 0.2) is 0 Å². The number of rotatable bonds is 5. The molecule has 0 radical (unpaired) electrons. The van der Waals surface area contributed by atoms with Crippen molar-refractivity contribution in [2.24, 2.45) is 0 Å². The van der Waals surface area contributed by atoms with Crippen LogP contribution in [0, 0.1) is 11.6 Å². The van der Waals surface area contributed by atoms with Gasteiger partial charge in [0.05, 0.1) is 13.0 Å². The van der Waals surface area contributed by atoms with Crippen LogP contribution in [0.5, 0.6) is 0 Å². The van der Waals surface area contributed by atoms with Gasteiger partial charge in [-0.3, -0.25) is 4.79 Å². The molecule has 0 bridgehead atoms. The first-order valence-electron chi connectivity index (χ1n) is 4.87. The number of halogens is 2. The molecule has 1 aromatic carbocycles. The fourth-order valence-corrected chi connectivity index (χ4v) is 1.92. The van der Waals surface area contributed by atoms with E-state index in [4.69, 9.17) is 4.74 Å². The molecule has 0 unspecified atom stereocenters. The van der Waals surface area contributed by atoms with E-state index in [2.05, 4.69) is 0 Å². The Morgan fingerprint density at radius 1 is 1.44 bits per heavy atom. The van der Waals surface area contributed by atoms with E-state index in [1.807, 2.05) is 0 Å². The van der Waals surface area contributed by atoms with E-state index in [0.29, 0.717) is 17.3 Å². The Kier molecular flexibility index (Phi) is 5.25. The lowest BCUT2D eigenvalue weighted by Gasteiger charge is -2.03. The van der Waals surface area contributed by atoms with Crippen LogP contribution < -0.4 is 0 Å². The summed E-state index contributed by atoms with van der Waals surface area (Å²) >= 11 is 1.17. The zero-order valence-electron chi connectivity index (χ0n) is 8.83. The molecule has 0 aliphatic carbocycles. The summed E-state index contributed by atoms with van der Waals surface area (Å²) in [5, 5.41) is 0. The Morgan fingerprint density at radius 2 is 2.19 bits per heavy atom. The van der Waals surface area contributed by atoms with Gasteiger partial charge in [-0.1, -0.05) is 0 Å². The summed E-state index contributed by atoms with van der Waals surface area (Å²) in [5.41, 5.74) is 0. The largest absolute Gasteiger partial charge is 0.466 e. The number of carbonyl (C=O) groups excluding carboxylic acids is 1. The van der Waals surface area contributed by atoms with Crippen LogP contribution in [0.15, 0.2) is 23.1 Å². The van der Waals surface area contributed by atoms with Crippen molar-refractivity contribution in [1.29, 1.82) is 0 Å². The average molecular weight is 246 g/mol. The molecule has 0 aliphatic rings. The second-order valence-corrected chi connectivity index (χ2v) is 4.11. The molecule has 88 valence electrons. The first-order chi connectivity index (χ1) is 7.63. The monoisotopic (exact) mass is 246 g/mol. The zero-order chi connectivity index (χ0) is 12.0. The third kappa shape index (κ3) is 4.18. The summed E-state index contributed by atoms with van der Waals surface area (Å²) in [5.74, 6) is -1.10. The third-order valence-electron chi connectivity index (χ3n) is 1.76. The van der Waals surface area contributed by atoms with Crippen molar-refractivity contribution in [3.63, 3.8) is 0 Å². The molecule has 0 saturated carbocycles. The molecule has 0 saturated heterocycles. The molecule has 0 atom stereocenters. The number of ether oxygens (including phenoxy) is 1. The number of thioether (sulfide) groups is 1. The second-order valence-electron chi connectivity index (χ2n) is 2.98. The normalized spacial score (nSPS) is 10.2. The maximum Gasteiger partial charge on any atom is 0.306 e. The van der Waals surface area contributed by atoms with Crippen molar-refractivity contribution in [2.75, 3.05) is 12.4 Å². The first-order valence-corrected chi connectivity index (χ1v) is 5.85. The SMILES string of the molecule is CCOC(=O)CCSc1ccc(F)cc1F. The van der Waals surface area contributed by atoms with Crippen LogP contribution in [0.25, 0.3) is 0 Å². The Labute approximate surface area is 97.0 Å². The summed E-state index contributed by atoms with van der Waals surface area (Å²) in [6.45, 7) is 2.07. The minimum absolute atomic E-state index is 0.218. The fraction of sp³-hybridized carbons (Fsp3) is 0.364. The van der Waals surface area contributed by atoms with Crippen molar-refractivity contribution in [3.05, 3.63) is 29.8 Å². The van der Waals surface area contributed by atoms with Gasteiger partial charge in [0.25, 0.3) is 0 Å². The molecule has 0 aromatic heterocycles. The van der Waals surface area contributed by atoms with Crippen LogP contribution in [-0.4, -0.2) is 18.3 Å². The predicted molar refractivity (Wildman–Crippen MR) is 58.3 cm³/mol. The standard InChI is InChI=1S/C11H12F2O2S/c1-2-15-11(14)5-6-16-10-4-3-8(12)7-9(10)13/h3-4,7H,2,5-6H2,1H3. The maximum absolute atomic E-state index is 13.1. The molecular formula is C11H12F2O2S. The zero-order valence-corrected chi connectivity index (χ0v) is 9.65. The topological polar surface area (TPSA) is 26.3 Å². The van der Waals surface area contributed by atoms with Crippen molar-refractivity contribution < 1.29 is 18.3 Å². The van der Waals surface area contributed by atoms with Crippen LogP contribution in [0.4, 0.5) is 8.78 Å². The molecule has 16 heavy (non-hydrogen) atoms. The summed E-state index contributed by atoms with van der Waals surface area (Å²) in [7, 11) is 0. The first kappa shape index (κ1) is 13.0. The molecule has 0 aliphatic heterocycles. The lowest BCUT2D eigenvalue weighted by Crippen LogP contribution is -2.04. The van der Waals surface area contributed by atoms with E-state index < -0.39 is 11.6 Å². The quantitative estimate of drug-likeness (QED) is 0.590. The fourth-order valence-electron chi connectivity index (χ4n) is 1.07. The van der Waals surface area contributed by atoms with Crippen LogP contribution >= 0.6 is 11.8 Å². The molecule has 0 N–H and O–H groups in total. The van der Waals surface area contributed by atoms with E-state index >= 15 is 0 Å². The van der Waals surface area contributed by atoms with E-state index in [9.17, 15) is 13.6 Å². The molecule has 0 spiro atoms. The Morgan fingerprint density at radius 3 is 2.81 bits per heavy atom. The van der Waals surface area contributed by atoms with Gasteiger partial charge < -0.3 is 4.74 Å². The molecule has 1 aromatic rings.